The first-order valence-electron chi connectivity index (χ1n) is 10.3. The Morgan fingerprint density at radius 2 is 1.91 bits per heavy atom. The highest BCUT2D eigenvalue weighted by Gasteiger charge is 2.38. The molecule has 182 valence electrons. The first-order chi connectivity index (χ1) is 16.1. The Hall–Kier alpha value is -2.83. The standard InChI is InChI=1S/C20H22N4OS2.C2HF3O2/c1-24(2)12-14-10-11-26-17(14)18(25)21-20-23-22-19(27-20)16-9-5-7-13-6-3-4-8-15(13)16;3-2(4,5)1(6)7/h3-4,6,8,10-11,16H,5,7,9,12H2,1-2H3,(H,21,23,25);(H,6,7). The zero-order chi connectivity index (χ0) is 24.9. The van der Waals surface area contributed by atoms with Crippen LogP contribution in [0.15, 0.2) is 35.7 Å². The monoisotopic (exact) mass is 512 g/mol. The predicted octanol–water partition coefficient (Wildman–Crippen LogP) is 5.02. The summed E-state index contributed by atoms with van der Waals surface area (Å²) in [4.78, 5) is 24.4. The molecule has 1 aliphatic rings. The second-order valence-corrected chi connectivity index (χ2v) is 9.78. The minimum Gasteiger partial charge on any atom is -0.475 e. The van der Waals surface area contributed by atoms with Gasteiger partial charge >= 0.3 is 12.1 Å². The number of nitrogens with zero attached hydrogens (tertiary/aromatic N) is 3. The zero-order valence-electron chi connectivity index (χ0n) is 18.4. The number of benzene rings is 1. The summed E-state index contributed by atoms with van der Waals surface area (Å²) >= 11 is 2.95. The van der Waals surface area contributed by atoms with Gasteiger partial charge in [0.1, 0.15) is 5.01 Å². The number of anilines is 1. The third-order valence-electron chi connectivity index (χ3n) is 5.01. The van der Waals surface area contributed by atoms with Crippen molar-refractivity contribution in [2.45, 2.75) is 37.9 Å². The van der Waals surface area contributed by atoms with Gasteiger partial charge in [-0.05, 0) is 61.5 Å². The third kappa shape index (κ3) is 6.61. The summed E-state index contributed by atoms with van der Waals surface area (Å²) in [6.07, 6.45) is -1.72. The minimum absolute atomic E-state index is 0.103. The Morgan fingerprint density at radius 3 is 2.59 bits per heavy atom. The summed E-state index contributed by atoms with van der Waals surface area (Å²) in [7, 11) is 4.00. The molecule has 12 heteroatoms. The van der Waals surface area contributed by atoms with E-state index in [4.69, 9.17) is 9.90 Å². The second-order valence-electron chi connectivity index (χ2n) is 7.86. The number of aliphatic carboxylic acids is 1. The van der Waals surface area contributed by atoms with E-state index in [2.05, 4.69) is 44.7 Å². The van der Waals surface area contributed by atoms with Crippen LogP contribution >= 0.6 is 22.7 Å². The van der Waals surface area contributed by atoms with E-state index in [1.54, 1.807) is 0 Å². The number of carboxylic acid groups (broad SMARTS) is 1. The first kappa shape index (κ1) is 25.8. The maximum Gasteiger partial charge on any atom is 0.490 e. The molecule has 0 saturated heterocycles. The second kappa shape index (κ2) is 11.1. The van der Waals surface area contributed by atoms with Crippen molar-refractivity contribution in [2.75, 3.05) is 19.4 Å². The number of hydrogen-bond acceptors (Lipinski definition) is 7. The van der Waals surface area contributed by atoms with Crippen LogP contribution in [0.25, 0.3) is 0 Å². The fourth-order valence-corrected chi connectivity index (χ4v) is 5.29. The first-order valence-corrected chi connectivity index (χ1v) is 12.0. The van der Waals surface area contributed by atoms with Crippen LogP contribution in [0.5, 0.6) is 0 Å². The lowest BCUT2D eigenvalue weighted by Gasteiger charge is -2.23. The number of carboxylic acids is 1. The number of thiophene rings is 1. The van der Waals surface area contributed by atoms with Crippen LogP contribution in [0.3, 0.4) is 0 Å². The van der Waals surface area contributed by atoms with Gasteiger partial charge in [-0.3, -0.25) is 10.1 Å². The summed E-state index contributed by atoms with van der Waals surface area (Å²) in [5.41, 5.74) is 3.79. The van der Waals surface area contributed by atoms with E-state index in [-0.39, 0.29) is 11.8 Å². The number of hydrogen-bond donors (Lipinski definition) is 2. The fraction of sp³-hybridized carbons (Fsp3) is 0.364. The Morgan fingerprint density at radius 1 is 1.21 bits per heavy atom. The van der Waals surface area contributed by atoms with Crippen molar-refractivity contribution in [3.63, 3.8) is 0 Å². The van der Waals surface area contributed by atoms with Gasteiger partial charge in [0.25, 0.3) is 5.91 Å². The molecule has 1 aliphatic carbocycles. The lowest BCUT2D eigenvalue weighted by molar-refractivity contribution is -0.192. The van der Waals surface area contributed by atoms with E-state index in [1.165, 1.54) is 33.8 Å². The third-order valence-corrected chi connectivity index (χ3v) is 6.92. The average molecular weight is 513 g/mol. The van der Waals surface area contributed by atoms with Crippen LogP contribution in [0, 0.1) is 0 Å². The van der Waals surface area contributed by atoms with Gasteiger partial charge in [-0.15, -0.1) is 21.5 Å². The summed E-state index contributed by atoms with van der Waals surface area (Å²) in [5.74, 6) is -2.58. The number of alkyl halides is 3. The molecule has 0 fully saturated rings. The highest BCUT2D eigenvalue weighted by Crippen LogP contribution is 2.38. The topological polar surface area (TPSA) is 95.4 Å². The Balaban J connectivity index is 0.000000406. The van der Waals surface area contributed by atoms with E-state index >= 15 is 0 Å². The van der Waals surface area contributed by atoms with Crippen molar-refractivity contribution in [1.29, 1.82) is 0 Å². The van der Waals surface area contributed by atoms with Gasteiger partial charge in [0.05, 0.1) is 4.88 Å². The summed E-state index contributed by atoms with van der Waals surface area (Å²) in [6, 6.07) is 10.6. The van der Waals surface area contributed by atoms with Gasteiger partial charge in [-0.1, -0.05) is 35.6 Å². The summed E-state index contributed by atoms with van der Waals surface area (Å²) in [6.45, 7) is 0.743. The van der Waals surface area contributed by atoms with E-state index in [0.29, 0.717) is 5.13 Å². The molecule has 4 rings (SSSR count). The molecule has 2 aromatic heterocycles. The maximum absolute atomic E-state index is 12.7. The van der Waals surface area contributed by atoms with Crippen LogP contribution in [0.4, 0.5) is 18.3 Å². The molecular weight excluding hydrogens is 489 g/mol. The molecule has 34 heavy (non-hydrogen) atoms. The highest BCUT2D eigenvalue weighted by atomic mass is 32.1. The number of amides is 1. The number of carbonyl (C=O) groups excluding carboxylic acids is 1. The van der Waals surface area contributed by atoms with Crippen LogP contribution in [0.1, 0.15) is 50.1 Å². The molecule has 1 atom stereocenters. The maximum atomic E-state index is 12.7. The van der Waals surface area contributed by atoms with E-state index in [1.807, 2.05) is 25.5 Å². The van der Waals surface area contributed by atoms with E-state index in [9.17, 15) is 18.0 Å². The molecular formula is C22H23F3N4O3S2. The van der Waals surface area contributed by atoms with Gasteiger partial charge in [-0.25, -0.2) is 4.79 Å². The van der Waals surface area contributed by atoms with Gasteiger partial charge in [0.15, 0.2) is 0 Å². The van der Waals surface area contributed by atoms with Gasteiger partial charge < -0.3 is 10.0 Å². The van der Waals surface area contributed by atoms with Crippen LogP contribution in [0.2, 0.25) is 0 Å². The molecule has 0 saturated carbocycles. The van der Waals surface area contributed by atoms with Crippen molar-refractivity contribution in [3.05, 3.63) is 62.3 Å². The van der Waals surface area contributed by atoms with E-state index < -0.39 is 12.1 Å². The van der Waals surface area contributed by atoms with E-state index in [0.717, 1.165) is 41.3 Å². The molecule has 0 radical (unpaired) electrons. The molecule has 0 spiro atoms. The number of rotatable bonds is 5. The largest absolute Gasteiger partial charge is 0.490 e. The fourth-order valence-electron chi connectivity index (χ4n) is 3.59. The number of halogens is 3. The molecule has 2 heterocycles. The van der Waals surface area contributed by atoms with Crippen molar-refractivity contribution in [1.82, 2.24) is 15.1 Å². The van der Waals surface area contributed by atoms with Gasteiger partial charge in [-0.2, -0.15) is 13.2 Å². The number of fused-ring (bicyclic) bond motifs is 1. The van der Waals surface area contributed by atoms with Crippen molar-refractivity contribution < 1.29 is 27.9 Å². The summed E-state index contributed by atoms with van der Waals surface area (Å²) in [5, 5.41) is 22.2. The Kier molecular flexibility index (Phi) is 8.39. The Labute approximate surface area is 202 Å². The molecule has 3 aromatic rings. The number of aromatic nitrogens is 2. The number of carbonyl (C=O) groups is 2. The molecule has 2 N–H and O–H groups in total. The SMILES string of the molecule is CN(C)Cc1ccsc1C(=O)Nc1nnc(C2CCCc3ccccc32)s1.O=C(O)C(F)(F)F. The lowest BCUT2D eigenvalue weighted by atomic mass is 9.83. The van der Waals surface area contributed by atoms with Gasteiger partial charge in [0, 0.05) is 12.5 Å². The zero-order valence-corrected chi connectivity index (χ0v) is 20.1. The van der Waals surface area contributed by atoms with Crippen molar-refractivity contribution in [2.24, 2.45) is 0 Å². The smallest absolute Gasteiger partial charge is 0.475 e. The summed E-state index contributed by atoms with van der Waals surface area (Å²) < 4.78 is 31.7. The minimum atomic E-state index is -5.08. The molecule has 1 aromatic carbocycles. The molecule has 1 unspecified atom stereocenters. The van der Waals surface area contributed by atoms with Crippen LogP contribution in [-0.4, -0.2) is 52.4 Å². The Bertz CT molecular complexity index is 1140. The average Bonchev–Trinajstić information content (AvgIpc) is 3.42. The van der Waals surface area contributed by atoms with Crippen molar-refractivity contribution >= 4 is 39.7 Å². The lowest BCUT2D eigenvalue weighted by Crippen LogP contribution is -2.21. The normalized spacial score (nSPS) is 15.3. The highest BCUT2D eigenvalue weighted by molar-refractivity contribution is 7.16. The van der Waals surface area contributed by atoms with Crippen LogP contribution in [-0.2, 0) is 17.8 Å². The van der Waals surface area contributed by atoms with Crippen molar-refractivity contribution in [3.8, 4) is 0 Å². The van der Waals surface area contributed by atoms with Crippen LogP contribution < -0.4 is 5.32 Å². The number of nitrogens with one attached hydrogen (secondary N) is 1. The molecule has 1 amide bonds. The predicted molar refractivity (Wildman–Crippen MR) is 124 cm³/mol. The number of aryl methyl sites for hydroxylation is 1. The molecule has 7 nitrogen and oxygen atoms in total. The molecule has 0 bridgehead atoms. The molecule has 0 aliphatic heterocycles. The quantitative estimate of drug-likeness (QED) is 0.499. The van der Waals surface area contributed by atoms with Gasteiger partial charge in [0.2, 0.25) is 5.13 Å².